The summed E-state index contributed by atoms with van der Waals surface area (Å²) in [6, 6.07) is 16.7. The van der Waals surface area contributed by atoms with Crippen LogP contribution in [0, 0.1) is 0 Å². The molecule has 0 spiro atoms. The molecule has 0 aliphatic carbocycles. The van der Waals surface area contributed by atoms with Gasteiger partial charge in [-0.1, -0.05) is 42.5 Å². The number of aliphatic hydroxyl groups is 1. The van der Waals surface area contributed by atoms with Gasteiger partial charge in [0, 0.05) is 18.6 Å². The molecule has 0 aliphatic heterocycles. The Morgan fingerprint density at radius 3 is 2.33 bits per heavy atom. The quantitative estimate of drug-likeness (QED) is 0.171. The summed E-state index contributed by atoms with van der Waals surface area (Å²) in [5.74, 6) is -0.343. The van der Waals surface area contributed by atoms with Gasteiger partial charge in [0.05, 0.1) is 23.8 Å². The van der Waals surface area contributed by atoms with Crippen LogP contribution in [0.1, 0.15) is 47.8 Å². The number of β-amino-alcohol motifs (C(OH)–C–C–N with tert-alkyl or cyclic N) is 1. The third kappa shape index (κ3) is 9.12. The van der Waals surface area contributed by atoms with Crippen molar-refractivity contribution in [3.05, 3.63) is 94.5 Å². The van der Waals surface area contributed by atoms with E-state index in [0.29, 0.717) is 24.0 Å². The number of hydrogen-bond acceptors (Lipinski definition) is 5. The van der Waals surface area contributed by atoms with Crippen molar-refractivity contribution < 1.29 is 33.0 Å². The van der Waals surface area contributed by atoms with Crippen molar-refractivity contribution in [1.29, 1.82) is 0 Å². The molecule has 0 unspecified atom stereocenters. The number of phenols is 1. The van der Waals surface area contributed by atoms with E-state index in [4.69, 9.17) is 0 Å². The number of amides is 2. The van der Waals surface area contributed by atoms with Gasteiger partial charge >= 0.3 is 6.18 Å². The standard InChI is InChI=1S/C29H32F3N3O4/c1-28(2,35-17-26(38)22-8-11-25(37)24(14-22)34-18-36)15-21-5-3-4-20(12-21)13-27(39)33-16-19-6-9-23(10-7-19)29(30,31)32/h3-12,14,18,26,35,37-38H,13,15-17H2,1-2H3,(H,33,39)(H,34,36)/t26-/m1/s1. The van der Waals surface area contributed by atoms with Crippen LogP contribution in [0.4, 0.5) is 18.9 Å². The minimum Gasteiger partial charge on any atom is -0.506 e. The number of phenolic OH excluding ortho intramolecular Hbond substituents is 1. The van der Waals surface area contributed by atoms with E-state index in [1.165, 1.54) is 24.3 Å². The molecule has 2 amide bonds. The minimum atomic E-state index is -4.40. The third-order valence-electron chi connectivity index (χ3n) is 6.17. The molecule has 10 heteroatoms. The number of nitrogens with one attached hydrogen (secondary N) is 3. The van der Waals surface area contributed by atoms with Gasteiger partial charge in [-0.05, 0) is 66.8 Å². The fourth-order valence-electron chi connectivity index (χ4n) is 4.11. The molecule has 0 aliphatic rings. The van der Waals surface area contributed by atoms with E-state index < -0.39 is 23.4 Å². The van der Waals surface area contributed by atoms with Gasteiger partial charge in [-0.3, -0.25) is 9.59 Å². The molecule has 5 N–H and O–H groups in total. The lowest BCUT2D eigenvalue weighted by molar-refractivity contribution is -0.137. The first-order chi connectivity index (χ1) is 18.4. The van der Waals surface area contributed by atoms with Crippen molar-refractivity contribution in [2.24, 2.45) is 0 Å². The third-order valence-corrected chi connectivity index (χ3v) is 6.17. The molecule has 0 saturated carbocycles. The average Bonchev–Trinajstić information content (AvgIpc) is 2.87. The van der Waals surface area contributed by atoms with E-state index in [-0.39, 0.29) is 36.9 Å². The number of alkyl halides is 3. The van der Waals surface area contributed by atoms with Gasteiger partial charge in [-0.2, -0.15) is 13.2 Å². The van der Waals surface area contributed by atoms with Gasteiger partial charge in [0.15, 0.2) is 0 Å². The molecular formula is C29H32F3N3O4. The predicted octanol–water partition coefficient (Wildman–Crippen LogP) is 4.48. The van der Waals surface area contributed by atoms with Gasteiger partial charge in [0.1, 0.15) is 5.75 Å². The fourth-order valence-corrected chi connectivity index (χ4v) is 4.11. The van der Waals surface area contributed by atoms with Gasteiger partial charge in [-0.25, -0.2) is 0 Å². The van der Waals surface area contributed by atoms with Crippen LogP contribution >= 0.6 is 0 Å². The number of halogens is 3. The number of benzene rings is 3. The molecule has 0 fully saturated rings. The maximum Gasteiger partial charge on any atom is 0.416 e. The molecule has 0 aromatic heterocycles. The molecule has 0 bridgehead atoms. The first-order valence-electron chi connectivity index (χ1n) is 12.3. The summed E-state index contributed by atoms with van der Waals surface area (Å²) in [7, 11) is 0. The van der Waals surface area contributed by atoms with Crippen LogP contribution < -0.4 is 16.0 Å². The highest BCUT2D eigenvalue weighted by atomic mass is 19.4. The second-order valence-electron chi connectivity index (χ2n) is 9.96. The Bertz CT molecular complexity index is 1280. The molecule has 208 valence electrons. The number of carbonyl (C=O) groups excluding carboxylic acids is 2. The van der Waals surface area contributed by atoms with E-state index in [9.17, 15) is 33.0 Å². The number of aromatic hydroxyl groups is 1. The van der Waals surface area contributed by atoms with E-state index in [2.05, 4.69) is 16.0 Å². The number of hydrogen-bond donors (Lipinski definition) is 5. The Morgan fingerprint density at radius 1 is 0.974 bits per heavy atom. The normalized spacial score (nSPS) is 12.6. The Morgan fingerprint density at radius 2 is 1.67 bits per heavy atom. The van der Waals surface area contributed by atoms with Crippen LogP contribution in [0.2, 0.25) is 0 Å². The summed E-state index contributed by atoms with van der Waals surface area (Å²) in [5, 5.41) is 28.8. The highest BCUT2D eigenvalue weighted by molar-refractivity contribution is 5.78. The molecule has 7 nitrogen and oxygen atoms in total. The van der Waals surface area contributed by atoms with Crippen molar-refractivity contribution in [2.75, 3.05) is 11.9 Å². The van der Waals surface area contributed by atoms with Crippen LogP contribution in [-0.2, 0) is 35.2 Å². The van der Waals surface area contributed by atoms with E-state index in [1.54, 1.807) is 6.07 Å². The van der Waals surface area contributed by atoms with Gasteiger partial charge < -0.3 is 26.2 Å². The van der Waals surface area contributed by atoms with E-state index in [0.717, 1.165) is 23.3 Å². The number of aliphatic hydroxyl groups excluding tert-OH is 1. The maximum atomic E-state index is 12.7. The topological polar surface area (TPSA) is 111 Å². The van der Waals surface area contributed by atoms with Crippen LogP contribution in [0.25, 0.3) is 0 Å². The molecule has 0 heterocycles. The van der Waals surface area contributed by atoms with Crippen LogP contribution in [-0.4, -0.2) is 34.6 Å². The predicted molar refractivity (Wildman–Crippen MR) is 142 cm³/mol. The molecule has 1 atom stereocenters. The summed E-state index contributed by atoms with van der Waals surface area (Å²) in [6.45, 7) is 4.33. The highest BCUT2D eigenvalue weighted by Gasteiger charge is 2.30. The first kappa shape index (κ1) is 29.7. The zero-order chi connectivity index (χ0) is 28.6. The van der Waals surface area contributed by atoms with Crippen LogP contribution in [0.5, 0.6) is 5.75 Å². The van der Waals surface area contributed by atoms with Crippen molar-refractivity contribution in [3.8, 4) is 5.75 Å². The van der Waals surface area contributed by atoms with Crippen molar-refractivity contribution >= 4 is 18.0 Å². The molecule has 0 saturated heterocycles. The van der Waals surface area contributed by atoms with Gasteiger partial charge in [0.25, 0.3) is 0 Å². The largest absolute Gasteiger partial charge is 0.506 e. The Labute approximate surface area is 225 Å². The molecule has 0 radical (unpaired) electrons. The lowest BCUT2D eigenvalue weighted by atomic mass is 9.93. The Hall–Kier alpha value is -3.89. The lowest BCUT2D eigenvalue weighted by Crippen LogP contribution is -2.43. The lowest BCUT2D eigenvalue weighted by Gasteiger charge is -2.28. The second-order valence-corrected chi connectivity index (χ2v) is 9.96. The zero-order valence-corrected chi connectivity index (χ0v) is 21.7. The SMILES string of the molecule is CC(C)(Cc1cccc(CC(=O)NCc2ccc(C(F)(F)F)cc2)c1)NC[C@@H](O)c1ccc(O)c(NC=O)c1. The summed E-state index contributed by atoms with van der Waals surface area (Å²) in [4.78, 5) is 23.1. The Balaban J connectivity index is 1.52. The van der Waals surface area contributed by atoms with Gasteiger partial charge in [-0.15, -0.1) is 0 Å². The van der Waals surface area contributed by atoms with Gasteiger partial charge in [0.2, 0.25) is 12.3 Å². The van der Waals surface area contributed by atoms with Crippen LogP contribution in [0.15, 0.2) is 66.7 Å². The summed E-state index contributed by atoms with van der Waals surface area (Å²) >= 11 is 0. The van der Waals surface area contributed by atoms with Crippen molar-refractivity contribution in [1.82, 2.24) is 10.6 Å². The number of anilines is 1. The highest BCUT2D eigenvalue weighted by Crippen LogP contribution is 2.29. The molecule has 39 heavy (non-hydrogen) atoms. The fraction of sp³-hybridized carbons (Fsp3) is 0.310. The zero-order valence-electron chi connectivity index (χ0n) is 21.7. The second kappa shape index (κ2) is 12.8. The molecule has 3 aromatic rings. The molecular weight excluding hydrogens is 511 g/mol. The average molecular weight is 544 g/mol. The number of carbonyl (C=O) groups is 2. The molecule has 3 rings (SSSR count). The molecule has 3 aromatic carbocycles. The van der Waals surface area contributed by atoms with E-state index >= 15 is 0 Å². The summed E-state index contributed by atoms with van der Waals surface area (Å²) < 4.78 is 38.1. The first-order valence-corrected chi connectivity index (χ1v) is 12.3. The summed E-state index contributed by atoms with van der Waals surface area (Å²) in [5.41, 5.74) is 1.95. The monoisotopic (exact) mass is 543 g/mol. The van der Waals surface area contributed by atoms with Crippen molar-refractivity contribution in [2.45, 2.75) is 51.1 Å². The maximum absolute atomic E-state index is 12.7. The minimum absolute atomic E-state index is 0.0977. The smallest absolute Gasteiger partial charge is 0.416 e. The van der Waals surface area contributed by atoms with E-state index in [1.807, 2.05) is 38.1 Å². The van der Waals surface area contributed by atoms with Crippen LogP contribution in [0.3, 0.4) is 0 Å². The van der Waals surface area contributed by atoms with Crippen molar-refractivity contribution in [3.63, 3.8) is 0 Å². The Kier molecular flexibility index (Phi) is 9.71. The number of rotatable bonds is 12. The summed E-state index contributed by atoms with van der Waals surface area (Å²) in [6.07, 6.45) is -4.10.